The van der Waals surface area contributed by atoms with E-state index in [1.54, 1.807) is 14.0 Å². The van der Waals surface area contributed by atoms with Crippen LogP contribution in [0.4, 0.5) is 4.39 Å². The number of amides is 1. The van der Waals surface area contributed by atoms with Gasteiger partial charge in [-0.05, 0) is 31.2 Å². The van der Waals surface area contributed by atoms with Gasteiger partial charge < -0.3 is 4.90 Å². The normalized spacial score (nSPS) is 15.8. The summed E-state index contributed by atoms with van der Waals surface area (Å²) in [6, 6.07) is 4.62. The third-order valence-electron chi connectivity index (χ3n) is 4.16. The standard InChI is InChI=1S/C15H17FN4O4S/c1-10-14(18-24-17-10)9-19(2)15(21)11-7-20(8-11)25(22,23)13-5-3-12(16)4-6-13/h3-6,11H,7-9H2,1-2H3. The maximum atomic E-state index is 12.9. The fourth-order valence-corrected chi connectivity index (χ4v) is 4.08. The summed E-state index contributed by atoms with van der Waals surface area (Å²) in [5, 5.41) is 7.38. The summed E-state index contributed by atoms with van der Waals surface area (Å²) in [6.45, 7) is 2.16. The number of hydrogen-bond donors (Lipinski definition) is 0. The first-order chi connectivity index (χ1) is 11.8. The molecule has 0 spiro atoms. The molecule has 3 rings (SSSR count). The second kappa shape index (κ2) is 6.52. The zero-order valence-electron chi connectivity index (χ0n) is 13.7. The molecule has 1 aliphatic rings. The Bertz CT molecular complexity index is 875. The van der Waals surface area contributed by atoms with E-state index in [4.69, 9.17) is 0 Å². The topological polar surface area (TPSA) is 96.6 Å². The van der Waals surface area contributed by atoms with Gasteiger partial charge in [0.2, 0.25) is 15.9 Å². The summed E-state index contributed by atoms with van der Waals surface area (Å²) in [6.07, 6.45) is 0. The van der Waals surface area contributed by atoms with Crippen molar-refractivity contribution in [2.24, 2.45) is 5.92 Å². The average molecular weight is 368 g/mol. The van der Waals surface area contributed by atoms with Crippen LogP contribution < -0.4 is 0 Å². The van der Waals surface area contributed by atoms with Gasteiger partial charge in [-0.15, -0.1) is 0 Å². The SMILES string of the molecule is Cc1nonc1CN(C)C(=O)C1CN(S(=O)(=O)c2ccc(F)cc2)C1. The predicted octanol–water partition coefficient (Wildman–Crippen LogP) is 0.796. The molecule has 0 atom stereocenters. The highest BCUT2D eigenvalue weighted by Crippen LogP contribution is 2.26. The van der Waals surface area contributed by atoms with Gasteiger partial charge in [-0.25, -0.2) is 17.4 Å². The highest BCUT2D eigenvalue weighted by Gasteiger charge is 2.41. The molecule has 0 N–H and O–H groups in total. The van der Waals surface area contributed by atoms with Crippen molar-refractivity contribution in [2.75, 3.05) is 20.1 Å². The fraction of sp³-hybridized carbons (Fsp3) is 0.400. The lowest BCUT2D eigenvalue weighted by atomic mass is 10.0. The second-order valence-electron chi connectivity index (χ2n) is 5.96. The Morgan fingerprint density at radius 1 is 1.32 bits per heavy atom. The van der Waals surface area contributed by atoms with Gasteiger partial charge in [-0.3, -0.25) is 4.79 Å². The number of carbonyl (C=O) groups is 1. The van der Waals surface area contributed by atoms with E-state index in [0.717, 1.165) is 12.1 Å². The van der Waals surface area contributed by atoms with Gasteiger partial charge in [0.25, 0.3) is 0 Å². The Labute approximate surface area is 144 Å². The Morgan fingerprint density at radius 3 is 2.52 bits per heavy atom. The molecular weight excluding hydrogens is 351 g/mol. The number of halogens is 1. The molecule has 1 aliphatic heterocycles. The van der Waals surface area contributed by atoms with Crippen molar-refractivity contribution in [2.45, 2.75) is 18.4 Å². The van der Waals surface area contributed by atoms with E-state index in [1.165, 1.54) is 21.3 Å². The second-order valence-corrected chi connectivity index (χ2v) is 7.90. The van der Waals surface area contributed by atoms with Crippen LogP contribution in [0.2, 0.25) is 0 Å². The summed E-state index contributed by atoms with van der Waals surface area (Å²) < 4.78 is 43.6. The van der Waals surface area contributed by atoms with Gasteiger partial charge in [-0.1, -0.05) is 10.3 Å². The molecule has 1 saturated heterocycles. The molecule has 0 radical (unpaired) electrons. The molecule has 0 aliphatic carbocycles. The lowest BCUT2D eigenvalue weighted by molar-refractivity contribution is -0.138. The van der Waals surface area contributed by atoms with Crippen molar-refractivity contribution in [3.63, 3.8) is 0 Å². The van der Waals surface area contributed by atoms with Crippen molar-refractivity contribution in [3.05, 3.63) is 41.5 Å². The van der Waals surface area contributed by atoms with E-state index < -0.39 is 21.8 Å². The molecule has 2 aromatic rings. The first-order valence-electron chi connectivity index (χ1n) is 7.58. The smallest absolute Gasteiger partial charge is 0.243 e. The molecule has 1 aromatic heterocycles. The number of benzene rings is 1. The van der Waals surface area contributed by atoms with Crippen LogP contribution in [-0.4, -0.2) is 54.0 Å². The molecule has 0 saturated carbocycles. The van der Waals surface area contributed by atoms with Gasteiger partial charge in [-0.2, -0.15) is 4.31 Å². The first kappa shape index (κ1) is 17.5. The number of sulfonamides is 1. The van der Waals surface area contributed by atoms with Gasteiger partial charge >= 0.3 is 0 Å². The molecule has 1 aromatic carbocycles. The zero-order chi connectivity index (χ0) is 18.2. The number of aromatic nitrogens is 2. The van der Waals surface area contributed by atoms with Crippen molar-refractivity contribution in [1.82, 2.24) is 19.5 Å². The van der Waals surface area contributed by atoms with Crippen molar-refractivity contribution < 1.29 is 22.2 Å². The van der Waals surface area contributed by atoms with Gasteiger partial charge in [0.1, 0.15) is 17.2 Å². The Balaban J connectivity index is 1.60. The Morgan fingerprint density at radius 2 is 1.96 bits per heavy atom. The van der Waals surface area contributed by atoms with E-state index >= 15 is 0 Å². The minimum absolute atomic E-state index is 0.0115. The van der Waals surface area contributed by atoms with Gasteiger partial charge in [0.05, 0.1) is 17.4 Å². The third-order valence-corrected chi connectivity index (χ3v) is 6.00. The summed E-state index contributed by atoms with van der Waals surface area (Å²) in [5.74, 6) is -1.09. The Hall–Kier alpha value is -2.33. The maximum absolute atomic E-state index is 12.9. The largest absolute Gasteiger partial charge is 0.339 e. The van der Waals surface area contributed by atoms with Gasteiger partial charge in [0.15, 0.2) is 0 Å². The van der Waals surface area contributed by atoms with E-state index in [2.05, 4.69) is 14.9 Å². The van der Waals surface area contributed by atoms with Crippen molar-refractivity contribution in [1.29, 1.82) is 0 Å². The lowest BCUT2D eigenvalue weighted by Crippen LogP contribution is -2.55. The number of aryl methyl sites for hydroxylation is 1. The van der Waals surface area contributed by atoms with Crippen molar-refractivity contribution in [3.8, 4) is 0 Å². The minimum Gasteiger partial charge on any atom is -0.339 e. The molecule has 134 valence electrons. The summed E-state index contributed by atoms with van der Waals surface area (Å²) in [5.41, 5.74) is 1.17. The van der Waals surface area contributed by atoms with E-state index in [-0.39, 0.29) is 30.4 Å². The highest BCUT2D eigenvalue weighted by molar-refractivity contribution is 7.89. The predicted molar refractivity (Wildman–Crippen MR) is 84.2 cm³/mol. The molecule has 2 heterocycles. The number of carbonyl (C=O) groups excluding carboxylic acids is 1. The van der Waals surface area contributed by atoms with Crippen LogP contribution in [0.1, 0.15) is 11.4 Å². The van der Waals surface area contributed by atoms with E-state index in [0.29, 0.717) is 11.4 Å². The minimum atomic E-state index is -3.71. The summed E-state index contributed by atoms with van der Waals surface area (Å²) in [7, 11) is -2.09. The molecule has 0 bridgehead atoms. The third kappa shape index (κ3) is 3.40. The quantitative estimate of drug-likeness (QED) is 0.774. The maximum Gasteiger partial charge on any atom is 0.243 e. The molecule has 0 unspecified atom stereocenters. The summed E-state index contributed by atoms with van der Waals surface area (Å²) >= 11 is 0. The average Bonchev–Trinajstić information content (AvgIpc) is 2.91. The van der Waals surface area contributed by atoms with E-state index in [1.807, 2.05) is 0 Å². The van der Waals surface area contributed by atoms with Crippen LogP contribution in [0.25, 0.3) is 0 Å². The molecular formula is C15H17FN4O4S. The van der Waals surface area contributed by atoms with Crippen LogP contribution in [0.3, 0.4) is 0 Å². The molecule has 10 heteroatoms. The summed E-state index contributed by atoms with van der Waals surface area (Å²) in [4.78, 5) is 13.9. The van der Waals surface area contributed by atoms with Crippen LogP contribution in [0.15, 0.2) is 33.8 Å². The van der Waals surface area contributed by atoms with Crippen LogP contribution in [0, 0.1) is 18.7 Å². The first-order valence-corrected chi connectivity index (χ1v) is 9.02. The van der Waals surface area contributed by atoms with Crippen molar-refractivity contribution >= 4 is 15.9 Å². The molecule has 8 nitrogen and oxygen atoms in total. The van der Waals surface area contributed by atoms with Gasteiger partial charge in [0, 0.05) is 20.1 Å². The number of nitrogens with zero attached hydrogens (tertiary/aromatic N) is 4. The lowest BCUT2D eigenvalue weighted by Gasteiger charge is -2.38. The van der Waals surface area contributed by atoms with Crippen LogP contribution in [-0.2, 0) is 21.4 Å². The number of hydrogen-bond acceptors (Lipinski definition) is 6. The molecule has 1 fully saturated rings. The zero-order valence-corrected chi connectivity index (χ0v) is 14.5. The Kier molecular flexibility index (Phi) is 4.56. The van der Waals surface area contributed by atoms with Crippen LogP contribution >= 0.6 is 0 Å². The van der Waals surface area contributed by atoms with Crippen LogP contribution in [0.5, 0.6) is 0 Å². The van der Waals surface area contributed by atoms with E-state index in [9.17, 15) is 17.6 Å². The highest BCUT2D eigenvalue weighted by atomic mass is 32.2. The monoisotopic (exact) mass is 368 g/mol. The number of rotatable bonds is 5. The fourth-order valence-electron chi connectivity index (χ4n) is 2.55. The molecule has 1 amide bonds. The molecule has 25 heavy (non-hydrogen) atoms.